The summed E-state index contributed by atoms with van der Waals surface area (Å²) in [7, 11) is 0. The molecule has 0 saturated carbocycles. The van der Waals surface area contributed by atoms with Gasteiger partial charge >= 0.3 is 11.9 Å². The van der Waals surface area contributed by atoms with E-state index in [1.165, 1.54) is 0 Å². The van der Waals surface area contributed by atoms with Gasteiger partial charge in [0.2, 0.25) is 0 Å². The maximum absolute atomic E-state index is 9.10. The molecule has 0 aromatic rings. The predicted octanol–water partition coefficient (Wildman–Crippen LogP) is -2.03. The summed E-state index contributed by atoms with van der Waals surface area (Å²) in [5.74, 6) is -3.65. The summed E-state index contributed by atoms with van der Waals surface area (Å²) in [6, 6.07) is 0. The van der Waals surface area contributed by atoms with Gasteiger partial charge in [0.05, 0.1) is 0 Å². The van der Waals surface area contributed by atoms with E-state index in [1.54, 1.807) is 0 Å². The van der Waals surface area contributed by atoms with Gasteiger partial charge in [-0.1, -0.05) is 0 Å². The molecule has 6 heteroatoms. The topological polar surface area (TPSA) is 74.6 Å². The molecule has 0 unspecified atom stereocenters. The zero-order valence-electron chi connectivity index (χ0n) is 3.06. The second kappa shape index (κ2) is 6.99. The van der Waals surface area contributed by atoms with Crippen LogP contribution in [-0.4, -0.2) is 39.5 Å². The molecule has 8 heavy (non-hydrogen) atoms. The van der Waals surface area contributed by atoms with E-state index in [4.69, 9.17) is 19.8 Å². The van der Waals surface area contributed by atoms with Crippen LogP contribution in [0.2, 0.25) is 0 Å². The van der Waals surface area contributed by atoms with E-state index in [-0.39, 0.29) is 34.4 Å². The Morgan fingerprint density at radius 1 is 1.00 bits per heavy atom. The van der Waals surface area contributed by atoms with Crippen LogP contribution in [0.4, 0.5) is 0 Å². The maximum atomic E-state index is 9.10. The number of hydrogen-bond acceptors (Lipinski definition) is 2. The van der Waals surface area contributed by atoms with Crippen molar-refractivity contribution in [3.8, 4) is 0 Å². The Morgan fingerprint density at radius 3 is 1.12 bits per heavy atom. The van der Waals surface area contributed by atoms with Crippen molar-refractivity contribution in [3.05, 3.63) is 0 Å². The first kappa shape index (κ1) is 15.7. The van der Waals surface area contributed by atoms with Crippen LogP contribution in [0.3, 0.4) is 0 Å². The van der Waals surface area contributed by atoms with Gasteiger partial charge in [-0.15, -0.1) is 0 Å². The third-order valence-electron chi connectivity index (χ3n) is 0.183. The molecule has 48 valence electrons. The van der Waals surface area contributed by atoms with Gasteiger partial charge in [-0.05, 0) is 0 Å². The molecule has 4 nitrogen and oxygen atoms in total. The average molecular weight is 176 g/mol. The summed E-state index contributed by atoms with van der Waals surface area (Å²) in [5, 5.41) is 14.8. The molecule has 0 bridgehead atoms. The van der Waals surface area contributed by atoms with Crippen LogP contribution < -0.4 is 0 Å². The van der Waals surface area contributed by atoms with Crippen LogP contribution in [0.15, 0.2) is 0 Å². The van der Waals surface area contributed by atoms with Gasteiger partial charge in [-0.25, -0.2) is 9.59 Å². The van der Waals surface area contributed by atoms with E-state index in [9.17, 15) is 0 Å². The third-order valence-corrected chi connectivity index (χ3v) is 0.183. The zero-order valence-corrected chi connectivity index (χ0v) is 4.17. The summed E-state index contributed by atoms with van der Waals surface area (Å²) in [4.78, 5) is 18.2. The normalized spacial score (nSPS) is 5.50. The van der Waals surface area contributed by atoms with Crippen LogP contribution in [-0.2, 0) is 26.7 Å². The molecule has 0 rings (SSSR count). The second-order valence-corrected chi connectivity index (χ2v) is 0.610. The third kappa shape index (κ3) is 9.37. The quantitative estimate of drug-likeness (QED) is 0.329. The molecule has 0 amide bonds. The van der Waals surface area contributed by atoms with E-state index in [2.05, 4.69) is 0 Å². The van der Waals surface area contributed by atoms with Crippen molar-refractivity contribution in [2.45, 2.75) is 0 Å². The Kier molecular flexibility index (Phi) is 13.7. The molecule has 0 atom stereocenters. The maximum Gasteiger partial charge on any atom is 0.414 e. The first-order valence-corrected chi connectivity index (χ1v) is 1.11. The van der Waals surface area contributed by atoms with Gasteiger partial charge in [0.1, 0.15) is 0 Å². The molecule has 0 saturated heterocycles. The van der Waals surface area contributed by atoms with E-state index in [1.807, 2.05) is 0 Å². The minimum atomic E-state index is -1.82. The predicted molar refractivity (Wildman–Crippen MR) is 25.2 cm³/mol. The zero-order chi connectivity index (χ0) is 5.15. The van der Waals surface area contributed by atoms with Crippen LogP contribution in [0.1, 0.15) is 0 Å². The summed E-state index contributed by atoms with van der Waals surface area (Å²) in [6.45, 7) is 0. The molecule has 0 radical (unpaired) electrons. The molecule has 0 fully saturated rings. The SMILES string of the molecule is O=C(O)C(=O)O.[AlH3].[Fe]. The monoisotopic (exact) mass is 176 g/mol. The van der Waals surface area contributed by atoms with Gasteiger partial charge < -0.3 is 10.2 Å². The van der Waals surface area contributed by atoms with Crippen molar-refractivity contribution in [3.63, 3.8) is 0 Å². The first-order chi connectivity index (χ1) is 2.64. The van der Waals surface area contributed by atoms with E-state index >= 15 is 0 Å². The molecule has 0 aliphatic rings. The minimum absolute atomic E-state index is 0. The van der Waals surface area contributed by atoms with Crippen molar-refractivity contribution in [1.82, 2.24) is 0 Å². The van der Waals surface area contributed by atoms with Gasteiger partial charge in [-0.3, -0.25) is 0 Å². The van der Waals surface area contributed by atoms with Crippen molar-refractivity contribution in [2.24, 2.45) is 0 Å². The van der Waals surface area contributed by atoms with Gasteiger partial charge in [0, 0.05) is 17.1 Å². The Morgan fingerprint density at radius 2 is 1.12 bits per heavy atom. The van der Waals surface area contributed by atoms with E-state index in [0.29, 0.717) is 0 Å². The fourth-order valence-corrected chi connectivity index (χ4v) is 0. The minimum Gasteiger partial charge on any atom is -0.473 e. The van der Waals surface area contributed by atoms with Crippen molar-refractivity contribution < 1.29 is 36.9 Å². The fraction of sp³-hybridized carbons (Fsp3) is 0. The molecular formula is C2H5AlFeO4. The van der Waals surface area contributed by atoms with Crippen LogP contribution in [0.5, 0.6) is 0 Å². The van der Waals surface area contributed by atoms with E-state index in [0.717, 1.165) is 0 Å². The molecule has 0 aliphatic carbocycles. The number of carboxylic acid groups (broad SMARTS) is 2. The van der Waals surface area contributed by atoms with Crippen molar-refractivity contribution in [1.29, 1.82) is 0 Å². The average Bonchev–Trinajstić information content (AvgIpc) is 1.36. The standard InChI is InChI=1S/C2H2O4.Al.Fe.3H/c3-1(4)2(5)6;;;;;/h(H,3,4)(H,5,6);;;;;. The number of carbonyl (C=O) groups is 2. The summed E-state index contributed by atoms with van der Waals surface area (Å²) >= 11 is 0. The Balaban J connectivity index is -0.000000125. The second-order valence-electron chi connectivity index (χ2n) is 0.610. The fourth-order valence-electron chi connectivity index (χ4n) is 0. The summed E-state index contributed by atoms with van der Waals surface area (Å²) in [5.41, 5.74) is 0. The number of carboxylic acids is 2. The van der Waals surface area contributed by atoms with Crippen molar-refractivity contribution >= 4 is 29.3 Å². The van der Waals surface area contributed by atoms with Crippen LogP contribution in [0, 0.1) is 0 Å². The molecular weight excluding hydrogens is 171 g/mol. The Bertz CT molecular complexity index is 80.0. The molecule has 0 heterocycles. The molecule has 0 spiro atoms. The first-order valence-electron chi connectivity index (χ1n) is 1.11. The van der Waals surface area contributed by atoms with Crippen LogP contribution in [0.25, 0.3) is 0 Å². The molecule has 2 N–H and O–H groups in total. The number of aliphatic carboxylic acids is 2. The summed E-state index contributed by atoms with van der Waals surface area (Å²) < 4.78 is 0. The number of rotatable bonds is 0. The smallest absolute Gasteiger partial charge is 0.414 e. The van der Waals surface area contributed by atoms with Crippen LogP contribution >= 0.6 is 0 Å². The molecule has 0 aromatic carbocycles. The van der Waals surface area contributed by atoms with Gasteiger partial charge in [0.15, 0.2) is 17.4 Å². The number of hydrogen-bond donors (Lipinski definition) is 2. The Hall–Kier alpha value is -0.00805. The van der Waals surface area contributed by atoms with Gasteiger partial charge in [-0.2, -0.15) is 0 Å². The van der Waals surface area contributed by atoms with E-state index < -0.39 is 11.9 Å². The van der Waals surface area contributed by atoms with Crippen molar-refractivity contribution in [2.75, 3.05) is 0 Å². The Labute approximate surface area is 66.5 Å². The molecule has 0 aromatic heterocycles. The molecule has 0 aliphatic heterocycles. The summed E-state index contributed by atoms with van der Waals surface area (Å²) in [6.07, 6.45) is 0. The largest absolute Gasteiger partial charge is 0.473 e. The van der Waals surface area contributed by atoms with Gasteiger partial charge in [0.25, 0.3) is 0 Å².